The van der Waals surface area contributed by atoms with Crippen LogP contribution in [0.1, 0.15) is 51.1 Å². The van der Waals surface area contributed by atoms with Gasteiger partial charge in [-0.1, -0.05) is 32.4 Å². The molecule has 0 saturated carbocycles. The molecule has 1 aromatic rings. The lowest BCUT2D eigenvalue weighted by Crippen LogP contribution is -2.30. The molecule has 0 aromatic carbocycles. The molecule has 0 unspecified atom stereocenters. The predicted octanol–water partition coefficient (Wildman–Crippen LogP) is 2.06. The molecule has 108 valence electrons. The van der Waals surface area contributed by atoms with Gasteiger partial charge < -0.3 is 15.6 Å². The number of hydrogen-bond acceptors (Lipinski definition) is 4. The highest BCUT2D eigenvalue weighted by molar-refractivity contribution is 6.31. The number of nitrogens with zero attached hydrogens (tertiary/aromatic N) is 2. The van der Waals surface area contributed by atoms with Gasteiger partial charge in [-0.15, -0.1) is 0 Å². The zero-order valence-electron chi connectivity index (χ0n) is 20.5. The van der Waals surface area contributed by atoms with E-state index in [1.165, 1.54) is 20.8 Å². The minimum absolute atomic E-state index is 0.245. The van der Waals surface area contributed by atoms with Crippen LogP contribution in [0.25, 0.3) is 0 Å². The third-order valence-corrected chi connectivity index (χ3v) is 2.22. The first-order chi connectivity index (χ1) is 12.6. The van der Waals surface area contributed by atoms with Gasteiger partial charge in [-0.25, -0.2) is 4.79 Å². The lowest BCUT2D eigenvalue weighted by Gasteiger charge is -2.25. The van der Waals surface area contributed by atoms with Crippen molar-refractivity contribution in [3.63, 3.8) is 0 Å². The first-order valence-corrected chi connectivity index (χ1v) is 5.50. The Labute approximate surface area is 131 Å². The lowest BCUT2D eigenvalue weighted by atomic mass is 9.91. The van der Waals surface area contributed by atoms with E-state index >= 15 is 0 Å². The number of rotatable bonds is 3. The monoisotopic (exact) mass is 299 g/mol. The van der Waals surface area contributed by atoms with Crippen LogP contribution in [0.2, 0.25) is 7.98 Å². The number of carbonyl (C=O) groups is 1. The summed E-state index contributed by atoms with van der Waals surface area (Å²) in [6.45, 7) is -6.66. The zero-order valence-corrected chi connectivity index (χ0v) is 11.2. The summed E-state index contributed by atoms with van der Waals surface area (Å²) in [5.41, 5.74) is -5.92. The fourth-order valence-electron chi connectivity index (χ4n) is 1.45. The Balaban J connectivity index is 3.92. The zero-order chi connectivity index (χ0) is 23.4. The average Bonchev–Trinajstić information content (AvgIpc) is 2.81. The van der Waals surface area contributed by atoms with Crippen molar-refractivity contribution in [1.29, 1.82) is 0 Å². The van der Waals surface area contributed by atoms with Gasteiger partial charge in [0.05, 0.1) is 20.5 Å². The van der Waals surface area contributed by atoms with E-state index in [1.807, 2.05) is 0 Å². The summed E-state index contributed by atoms with van der Waals surface area (Å²) in [6.07, 6.45) is -1.54. The van der Waals surface area contributed by atoms with Crippen LogP contribution in [-0.2, 0) is 11.9 Å². The van der Waals surface area contributed by atoms with Crippen molar-refractivity contribution in [3.8, 4) is 5.75 Å². The van der Waals surface area contributed by atoms with Crippen LogP contribution in [0, 0.1) is 0 Å². The fraction of sp³-hybridized carbons (Fsp3) is 0.667. The molecule has 19 heavy (non-hydrogen) atoms. The highest BCUT2D eigenvalue weighted by Gasteiger charge is 2.31. The summed E-state index contributed by atoms with van der Waals surface area (Å²) in [5, 5.41) is 13.6. The topological polar surface area (TPSA) is 90.4 Å². The van der Waals surface area contributed by atoms with Gasteiger partial charge in [-0.05, 0) is 13.7 Å². The first kappa shape index (κ1) is 6.45. The second-order valence-electron chi connectivity index (χ2n) is 4.82. The molecule has 0 fully saturated rings. The van der Waals surface area contributed by atoms with Gasteiger partial charge in [0, 0.05) is 13.6 Å². The number of primary amides is 1. The quantitative estimate of drug-likeness (QED) is 0.894. The number of aromatic nitrogens is 2. The Morgan fingerprint density at radius 3 is 2.79 bits per heavy atom. The molecule has 0 aliphatic heterocycles. The predicted molar refractivity (Wildman–Crippen MR) is 72.4 cm³/mol. The van der Waals surface area contributed by atoms with Crippen molar-refractivity contribution in [1.82, 2.24) is 9.78 Å². The van der Waals surface area contributed by atoms with Crippen molar-refractivity contribution < 1.29 is 28.4 Å². The SMILES string of the molecule is [2H]N([2H])C(=O)Oc1c(Cl)nn(C([2H])([2H])C(O)(C([2H])([2H])[2H])C([2H])([2H])[2H])c1C(C)(C)C. The standard InChI is InChI=1S/C12H20ClN3O3/c1-11(2,3)8-7(19-10(14)17)9(13)15-16(8)6-12(4,5)18/h18H,6H2,1-5H3,(H2,14,17)/i4D3,5D3,6D2/hD2. The largest absolute Gasteiger partial charge is 0.410 e. The van der Waals surface area contributed by atoms with E-state index in [0.717, 1.165) is 0 Å². The Morgan fingerprint density at radius 2 is 2.32 bits per heavy atom. The van der Waals surface area contributed by atoms with E-state index in [4.69, 9.17) is 30.1 Å². The second kappa shape index (κ2) is 5.02. The summed E-state index contributed by atoms with van der Waals surface area (Å²) < 4.78 is 80.2. The molecule has 0 saturated heterocycles. The van der Waals surface area contributed by atoms with Gasteiger partial charge in [-0.3, -0.25) is 4.68 Å². The molecule has 1 heterocycles. The van der Waals surface area contributed by atoms with Gasteiger partial charge in [-0.2, -0.15) is 5.10 Å². The molecule has 0 aliphatic rings. The average molecular weight is 300 g/mol. The van der Waals surface area contributed by atoms with Crippen molar-refractivity contribution in [2.24, 2.45) is 5.72 Å². The number of ether oxygens (including phenoxy) is 1. The summed E-state index contributed by atoms with van der Waals surface area (Å²) in [4.78, 5) is 11.6. The van der Waals surface area contributed by atoms with Gasteiger partial charge in [0.15, 0.2) is 13.7 Å². The number of amides is 1. The molecule has 1 rings (SSSR count). The minimum atomic E-state index is -3.93. The Hall–Kier alpha value is -1.27. The minimum Gasteiger partial charge on any atom is -0.405 e. The molecular weight excluding hydrogens is 270 g/mol. The van der Waals surface area contributed by atoms with Crippen molar-refractivity contribution in [3.05, 3.63) is 10.8 Å². The van der Waals surface area contributed by atoms with E-state index in [-0.39, 0.29) is 10.4 Å². The smallest absolute Gasteiger partial charge is 0.405 e. The molecule has 0 bridgehead atoms. The number of nitrogens with two attached hydrogens (primary N) is 1. The van der Waals surface area contributed by atoms with Crippen LogP contribution in [0.5, 0.6) is 5.75 Å². The Bertz CT molecular complexity index is 768. The maximum atomic E-state index is 11.6. The van der Waals surface area contributed by atoms with Crippen LogP contribution in [0.4, 0.5) is 4.79 Å². The summed E-state index contributed by atoms with van der Waals surface area (Å²) in [5.74, 6) is -0.615. The molecule has 0 spiro atoms. The molecule has 0 aliphatic carbocycles. The van der Waals surface area contributed by atoms with Crippen LogP contribution in [0.15, 0.2) is 0 Å². The molecule has 1 amide bonds. The third-order valence-electron chi connectivity index (χ3n) is 1.97. The van der Waals surface area contributed by atoms with Crippen molar-refractivity contribution >= 4 is 17.7 Å². The molecular formula is C12H20ClN3O3. The Morgan fingerprint density at radius 1 is 1.68 bits per heavy atom. The van der Waals surface area contributed by atoms with Crippen LogP contribution in [0.3, 0.4) is 0 Å². The molecule has 1 aromatic heterocycles. The van der Waals surface area contributed by atoms with Crippen molar-refractivity contribution in [2.45, 2.75) is 52.0 Å². The maximum absolute atomic E-state index is 11.6. The van der Waals surface area contributed by atoms with Gasteiger partial charge in [0.25, 0.3) is 0 Å². The van der Waals surface area contributed by atoms with Gasteiger partial charge >= 0.3 is 6.09 Å². The second-order valence-corrected chi connectivity index (χ2v) is 5.18. The maximum Gasteiger partial charge on any atom is 0.410 e. The van der Waals surface area contributed by atoms with Crippen LogP contribution in [-0.4, -0.2) is 26.6 Å². The van der Waals surface area contributed by atoms with E-state index in [2.05, 4.69) is 5.10 Å². The van der Waals surface area contributed by atoms with Crippen LogP contribution >= 0.6 is 11.6 Å². The fourth-order valence-corrected chi connectivity index (χ4v) is 1.65. The first-order valence-electron chi connectivity index (χ1n) is 10.0. The number of aliphatic hydroxyl groups is 1. The molecule has 3 N–H and O–H groups in total. The molecule has 6 nitrogen and oxygen atoms in total. The van der Waals surface area contributed by atoms with Gasteiger partial charge in [0.1, 0.15) is 0 Å². The van der Waals surface area contributed by atoms with E-state index in [0.29, 0.717) is 0 Å². The summed E-state index contributed by atoms with van der Waals surface area (Å²) >= 11 is 5.91. The highest BCUT2D eigenvalue weighted by Crippen LogP contribution is 2.37. The number of carbonyl (C=O) groups excluding carboxylic acids is 1. The van der Waals surface area contributed by atoms with Crippen molar-refractivity contribution in [2.75, 3.05) is 0 Å². The molecule has 0 radical (unpaired) electrons. The van der Waals surface area contributed by atoms with Gasteiger partial charge in [0.2, 0.25) is 0 Å². The Kier molecular flexibility index (Phi) is 1.70. The molecule has 7 heteroatoms. The van der Waals surface area contributed by atoms with E-state index in [9.17, 15) is 9.90 Å². The third kappa shape index (κ3) is 4.11. The summed E-state index contributed by atoms with van der Waals surface area (Å²) in [7, 11) is 0. The number of hydrogen-bond donors (Lipinski definition) is 2. The van der Waals surface area contributed by atoms with Crippen LogP contribution < -0.4 is 10.5 Å². The normalized spacial score (nSPS) is 22.2. The van der Waals surface area contributed by atoms with E-state index in [1.54, 1.807) is 0 Å². The molecule has 0 atom stereocenters. The van der Waals surface area contributed by atoms with E-state index < -0.39 is 53.9 Å². The lowest BCUT2D eigenvalue weighted by molar-refractivity contribution is 0.0559. The summed E-state index contributed by atoms with van der Waals surface area (Å²) in [6, 6.07) is 0. The number of halogens is 1. The highest BCUT2D eigenvalue weighted by atomic mass is 35.5.